The van der Waals surface area contributed by atoms with Crippen LogP contribution in [0.4, 0.5) is 0 Å². The van der Waals surface area contributed by atoms with E-state index in [1.807, 2.05) is 18.2 Å². The number of fused-ring (bicyclic) bond motifs is 4. The predicted octanol–water partition coefficient (Wildman–Crippen LogP) is 5.99. The van der Waals surface area contributed by atoms with Crippen molar-refractivity contribution in [1.82, 2.24) is 4.90 Å². The van der Waals surface area contributed by atoms with E-state index in [0.717, 1.165) is 64.8 Å². The summed E-state index contributed by atoms with van der Waals surface area (Å²) in [6, 6.07) is 10.9. The summed E-state index contributed by atoms with van der Waals surface area (Å²) in [6.07, 6.45) is 5.27. The molecule has 1 saturated heterocycles. The van der Waals surface area contributed by atoms with Gasteiger partial charge in [0.2, 0.25) is 0 Å². The monoisotopic (exact) mass is 431 g/mol. The zero-order chi connectivity index (χ0) is 22.6. The molecule has 1 fully saturated rings. The smallest absolute Gasteiger partial charge is 0.164 e. The third-order valence-electron chi connectivity index (χ3n) is 7.44. The Morgan fingerprint density at radius 2 is 1.84 bits per heavy atom. The zero-order valence-corrected chi connectivity index (χ0v) is 19.7. The van der Waals surface area contributed by atoms with E-state index in [1.54, 1.807) is 0 Å². The van der Waals surface area contributed by atoms with E-state index in [0.29, 0.717) is 31.5 Å². The summed E-state index contributed by atoms with van der Waals surface area (Å²) in [5.41, 5.74) is 6.00. The molecule has 0 aromatic heterocycles. The van der Waals surface area contributed by atoms with Crippen LogP contribution in [0.5, 0.6) is 5.75 Å². The predicted molar refractivity (Wildman–Crippen MR) is 127 cm³/mol. The van der Waals surface area contributed by atoms with Crippen molar-refractivity contribution in [3.8, 4) is 16.9 Å². The van der Waals surface area contributed by atoms with Crippen molar-refractivity contribution in [2.75, 3.05) is 0 Å². The molecule has 5 rings (SSSR count). The lowest BCUT2D eigenvalue weighted by Gasteiger charge is -2.40. The maximum absolute atomic E-state index is 13.2. The number of hydrogen-bond donors (Lipinski definition) is 0. The van der Waals surface area contributed by atoms with Gasteiger partial charge < -0.3 is 4.74 Å². The van der Waals surface area contributed by atoms with E-state index in [-0.39, 0.29) is 17.1 Å². The van der Waals surface area contributed by atoms with E-state index < -0.39 is 0 Å². The Bertz CT molecular complexity index is 1090. The SMILES string of the molecule is C[C@H]1CC[C@@H](CC(=O)c2ccc3c(c2)COc2cc4c(cc2-3)CCCC4=O)N1C(C)(C)C. The number of ether oxygens (including phenoxy) is 1. The number of aryl methyl sites for hydroxylation is 1. The van der Waals surface area contributed by atoms with Gasteiger partial charge in [-0.1, -0.05) is 12.1 Å². The molecule has 2 atom stereocenters. The zero-order valence-electron chi connectivity index (χ0n) is 19.7. The quantitative estimate of drug-likeness (QED) is 0.560. The third kappa shape index (κ3) is 3.69. The molecular formula is C28H33NO3. The Morgan fingerprint density at radius 1 is 1.03 bits per heavy atom. The number of rotatable bonds is 3. The van der Waals surface area contributed by atoms with E-state index >= 15 is 0 Å². The van der Waals surface area contributed by atoms with Crippen molar-refractivity contribution in [3.63, 3.8) is 0 Å². The van der Waals surface area contributed by atoms with Gasteiger partial charge in [-0.3, -0.25) is 14.5 Å². The van der Waals surface area contributed by atoms with Gasteiger partial charge >= 0.3 is 0 Å². The molecule has 2 aromatic rings. The molecule has 0 unspecified atom stereocenters. The highest BCUT2D eigenvalue weighted by Crippen LogP contribution is 2.41. The number of carbonyl (C=O) groups excluding carboxylic acids is 2. The lowest BCUT2D eigenvalue weighted by Crippen LogP contribution is -2.48. The van der Waals surface area contributed by atoms with E-state index in [9.17, 15) is 9.59 Å². The molecule has 1 aliphatic carbocycles. The van der Waals surface area contributed by atoms with Crippen molar-refractivity contribution in [1.29, 1.82) is 0 Å². The maximum Gasteiger partial charge on any atom is 0.164 e. The Morgan fingerprint density at radius 3 is 2.62 bits per heavy atom. The maximum atomic E-state index is 13.2. The van der Waals surface area contributed by atoms with Crippen LogP contribution < -0.4 is 4.74 Å². The second-order valence-corrected chi connectivity index (χ2v) is 10.7. The normalized spacial score (nSPS) is 22.7. The van der Waals surface area contributed by atoms with Gasteiger partial charge in [0.25, 0.3) is 0 Å². The number of Topliss-reactive ketones (excluding diaryl/α,β-unsaturated/α-hetero) is 2. The second kappa shape index (κ2) is 7.84. The Hall–Kier alpha value is -2.46. The molecule has 3 aliphatic rings. The first-order chi connectivity index (χ1) is 15.2. The number of likely N-dealkylation sites (tertiary alicyclic amines) is 1. The van der Waals surface area contributed by atoms with Crippen molar-refractivity contribution in [2.24, 2.45) is 0 Å². The summed E-state index contributed by atoms with van der Waals surface area (Å²) < 4.78 is 6.04. The van der Waals surface area contributed by atoms with Gasteiger partial charge in [0, 0.05) is 47.2 Å². The highest BCUT2D eigenvalue weighted by atomic mass is 16.5. The van der Waals surface area contributed by atoms with Crippen LogP contribution in [0.1, 0.15) is 91.6 Å². The minimum atomic E-state index is 0.0643. The minimum absolute atomic E-state index is 0.0643. The molecule has 0 spiro atoms. The van der Waals surface area contributed by atoms with Crippen molar-refractivity contribution in [2.45, 2.75) is 90.4 Å². The molecule has 0 N–H and O–H groups in total. The number of benzene rings is 2. The molecule has 4 nitrogen and oxygen atoms in total. The topological polar surface area (TPSA) is 46.6 Å². The minimum Gasteiger partial charge on any atom is -0.488 e. The van der Waals surface area contributed by atoms with Crippen LogP contribution in [-0.4, -0.2) is 34.1 Å². The van der Waals surface area contributed by atoms with Gasteiger partial charge in [-0.15, -0.1) is 0 Å². The van der Waals surface area contributed by atoms with Crippen LogP contribution in [-0.2, 0) is 13.0 Å². The average Bonchev–Trinajstić information content (AvgIpc) is 3.12. The molecule has 0 bridgehead atoms. The van der Waals surface area contributed by atoms with Gasteiger partial charge in [0.15, 0.2) is 11.6 Å². The summed E-state index contributed by atoms with van der Waals surface area (Å²) in [5.74, 6) is 1.21. The fraction of sp³-hybridized carbons (Fsp3) is 0.500. The first-order valence-corrected chi connectivity index (χ1v) is 12.0. The molecule has 2 heterocycles. The molecule has 2 aliphatic heterocycles. The Labute approximate surface area is 191 Å². The van der Waals surface area contributed by atoms with Gasteiger partial charge in [-0.2, -0.15) is 0 Å². The molecule has 168 valence electrons. The van der Waals surface area contributed by atoms with Crippen LogP contribution in [0.2, 0.25) is 0 Å². The van der Waals surface area contributed by atoms with Gasteiger partial charge in [0.1, 0.15) is 12.4 Å². The molecule has 0 radical (unpaired) electrons. The van der Waals surface area contributed by atoms with Crippen LogP contribution >= 0.6 is 0 Å². The van der Waals surface area contributed by atoms with E-state index in [2.05, 4.69) is 44.7 Å². The van der Waals surface area contributed by atoms with Crippen LogP contribution in [0.3, 0.4) is 0 Å². The first kappa shape index (κ1) is 21.4. The number of hydrogen-bond acceptors (Lipinski definition) is 4. The second-order valence-electron chi connectivity index (χ2n) is 10.7. The molecule has 0 amide bonds. The molecule has 2 aromatic carbocycles. The van der Waals surface area contributed by atoms with E-state index in [4.69, 9.17) is 4.74 Å². The van der Waals surface area contributed by atoms with Crippen LogP contribution in [0.25, 0.3) is 11.1 Å². The average molecular weight is 432 g/mol. The summed E-state index contributed by atoms with van der Waals surface area (Å²) in [6.45, 7) is 9.44. The number of ketones is 2. The highest BCUT2D eigenvalue weighted by Gasteiger charge is 2.38. The molecule has 4 heteroatoms. The Kier molecular flexibility index (Phi) is 5.24. The number of nitrogens with zero attached hydrogens (tertiary/aromatic N) is 1. The Balaban J connectivity index is 1.41. The van der Waals surface area contributed by atoms with Crippen molar-refractivity contribution >= 4 is 11.6 Å². The fourth-order valence-electron chi connectivity index (χ4n) is 6.11. The van der Waals surface area contributed by atoms with Gasteiger partial charge in [-0.05, 0) is 88.3 Å². The summed E-state index contributed by atoms with van der Waals surface area (Å²) in [7, 11) is 0. The van der Waals surface area contributed by atoms with Crippen molar-refractivity contribution < 1.29 is 14.3 Å². The summed E-state index contributed by atoms with van der Waals surface area (Å²) in [4.78, 5) is 28.0. The van der Waals surface area contributed by atoms with Crippen LogP contribution in [0.15, 0.2) is 30.3 Å². The van der Waals surface area contributed by atoms with Gasteiger partial charge in [0.05, 0.1) is 0 Å². The van der Waals surface area contributed by atoms with Gasteiger partial charge in [-0.25, -0.2) is 0 Å². The molecule has 32 heavy (non-hydrogen) atoms. The number of carbonyl (C=O) groups is 2. The summed E-state index contributed by atoms with van der Waals surface area (Å²) in [5, 5.41) is 0. The van der Waals surface area contributed by atoms with Crippen LogP contribution in [0, 0.1) is 0 Å². The summed E-state index contributed by atoms with van der Waals surface area (Å²) >= 11 is 0. The van der Waals surface area contributed by atoms with E-state index in [1.165, 1.54) is 0 Å². The first-order valence-electron chi connectivity index (χ1n) is 12.0. The van der Waals surface area contributed by atoms with Crippen molar-refractivity contribution in [3.05, 3.63) is 52.6 Å². The molecule has 0 saturated carbocycles. The lowest BCUT2D eigenvalue weighted by molar-refractivity contribution is 0.0696. The highest BCUT2D eigenvalue weighted by molar-refractivity contribution is 6.00. The lowest BCUT2D eigenvalue weighted by atomic mass is 9.85. The largest absolute Gasteiger partial charge is 0.488 e. The molecular weight excluding hydrogens is 398 g/mol. The standard InChI is InChI=1S/C28H33NO3/c1-17-8-10-21(29(17)28(2,3)4)14-26(31)19-9-11-22-20(12-19)16-32-27-15-23-18(13-24(22)27)6-5-7-25(23)30/h9,11-13,15,17,21H,5-8,10,14,16H2,1-4H3/t17-,21-/m0/s1. The fourth-order valence-corrected chi connectivity index (χ4v) is 6.11. The third-order valence-corrected chi connectivity index (χ3v) is 7.44.